The monoisotopic (exact) mass is 314 g/mol. The summed E-state index contributed by atoms with van der Waals surface area (Å²) in [5.74, 6) is -0.272. The van der Waals surface area contributed by atoms with Crippen LogP contribution in [0, 0.1) is 5.82 Å². The van der Waals surface area contributed by atoms with Gasteiger partial charge in [0.1, 0.15) is 5.82 Å². The van der Waals surface area contributed by atoms with Gasteiger partial charge in [0, 0.05) is 4.47 Å². The second-order valence-corrected chi connectivity index (χ2v) is 5.56. The molecule has 2 rings (SSSR count). The summed E-state index contributed by atoms with van der Waals surface area (Å²) in [7, 11) is 0. The zero-order chi connectivity index (χ0) is 12.3. The van der Waals surface area contributed by atoms with E-state index >= 15 is 0 Å². The van der Waals surface area contributed by atoms with Gasteiger partial charge >= 0.3 is 0 Å². The molecule has 0 aliphatic rings. The molecular weight excluding hydrogens is 303 g/mol. The lowest BCUT2D eigenvalue weighted by Gasteiger charge is -2.11. The van der Waals surface area contributed by atoms with Crippen molar-refractivity contribution in [1.82, 2.24) is 0 Å². The molecular formula is C13H12BrFOS. The normalized spacial score (nSPS) is 12.6. The highest BCUT2D eigenvalue weighted by atomic mass is 79.9. The Morgan fingerprint density at radius 1 is 1.29 bits per heavy atom. The number of benzene rings is 1. The first-order valence-electron chi connectivity index (χ1n) is 5.28. The van der Waals surface area contributed by atoms with Gasteiger partial charge in [0.2, 0.25) is 0 Å². The Labute approximate surface area is 112 Å². The highest BCUT2D eigenvalue weighted by molar-refractivity contribution is 9.10. The molecule has 4 heteroatoms. The van der Waals surface area contributed by atoms with Crippen molar-refractivity contribution in [3.8, 4) is 0 Å². The minimum atomic E-state index is -0.484. The predicted molar refractivity (Wildman–Crippen MR) is 71.8 cm³/mol. The van der Waals surface area contributed by atoms with Crippen LogP contribution in [0.5, 0.6) is 0 Å². The summed E-state index contributed by atoms with van der Waals surface area (Å²) < 4.78 is 13.9. The molecule has 1 unspecified atom stereocenters. The Hall–Kier alpha value is -0.710. The Kier molecular flexibility index (Phi) is 4.31. The Morgan fingerprint density at radius 3 is 2.82 bits per heavy atom. The number of hydrogen-bond donors (Lipinski definition) is 1. The summed E-state index contributed by atoms with van der Waals surface area (Å²) in [5.41, 5.74) is 1.92. The minimum absolute atomic E-state index is 0.272. The van der Waals surface area contributed by atoms with Crippen LogP contribution >= 0.6 is 27.3 Å². The van der Waals surface area contributed by atoms with Crippen LogP contribution in [0.15, 0.2) is 39.5 Å². The molecule has 17 heavy (non-hydrogen) atoms. The van der Waals surface area contributed by atoms with Gasteiger partial charge in [0.05, 0.1) is 6.10 Å². The van der Waals surface area contributed by atoms with Gasteiger partial charge in [-0.3, -0.25) is 0 Å². The van der Waals surface area contributed by atoms with Crippen molar-refractivity contribution in [1.29, 1.82) is 0 Å². The zero-order valence-electron chi connectivity index (χ0n) is 9.07. The fourth-order valence-corrected chi connectivity index (χ4v) is 2.80. The minimum Gasteiger partial charge on any atom is -0.392 e. The van der Waals surface area contributed by atoms with Crippen LogP contribution in [0.3, 0.4) is 0 Å². The average Bonchev–Trinajstić information content (AvgIpc) is 2.76. The van der Waals surface area contributed by atoms with Crippen LogP contribution in [-0.4, -0.2) is 11.2 Å². The summed E-state index contributed by atoms with van der Waals surface area (Å²) in [6.07, 6.45) is 0.573. The molecule has 0 radical (unpaired) electrons. The number of halogens is 2. The second kappa shape index (κ2) is 5.76. The van der Waals surface area contributed by atoms with E-state index in [9.17, 15) is 9.50 Å². The lowest BCUT2D eigenvalue weighted by molar-refractivity contribution is 0.175. The van der Waals surface area contributed by atoms with Crippen molar-refractivity contribution in [2.75, 3.05) is 0 Å². The standard InChI is InChI=1S/C13H12BrFOS/c14-13-2-1-11(15)6-10(13)7-12(16)5-9-3-4-17-8-9/h1-4,6,8,12,16H,5,7H2. The molecule has 0 saturated carbocycles. The van der Waals surface area contributed by atoms with E-state index in [0.717, 1.165) is 15.6 Å². The molecule has 1 nitrogen and oxygen atoms in total. The average molecular weight is 315 g/mol. The van der Waals surface area contributed by atoms with E-state index in [1.165, 1.54) is 12.1 Å². The largest absolute Gasteiger partial charge is 0.392 e. The van der Waals surface area contributed by atoms with Crippen molar-refractivity contribution in [3.63, 3.8) is 0 Å². The summed E-state index contributed by atoms with van der Waals surface area (Å²) >= 11 is 4.97. The molecule has 0 bridgehead atoms. The number of aliphatic hydroxyl groups is 1. The Morgan fingerprint density at radius 2 is 2.12 bits per heavy atom. The highest BCUT2D eigenvalue weighted by Gasteiger charge is 2.10. The summed E-state index contributed by atoms with van der Waals surface area (Å²) in [5, 5.41) is 14.0. The smallest absolute Gasteiger partial charge is 0.123 e. The molecule has 0 spiro atoms. The van der Waals surface area contributed by atoms with Crippen LogP contribution in [0.1, 0.15) is 11.1 Å². The van der Waals surface area contributed by atoms with E-state index in [-0.39, 0.29) is 5.82 Å². The van der Waals surface area contributed by atoms with E-state index < -0.39 is 6.10 Å². The van der Waals surface area contributed by atoms with Gasteiger partial charge in [-0.2, -0.15) is 11.3 Å². The van der Waals surface area contributed by atoms with Gasteiger partial charge in [0.25, 0.3) is 0 Å². The summed E-state index contributed by atoms with van der Waals surface area (Å²) in [6, 6.07) is 6.52. The second-order valence-electron chi connectivity index (χ2n) is 3.93. The van der Waals surface area contributed by atoms with Crippen LogP contribution in [0.25, 0.3) is 0 Å². The first-order valence-corrected chi connectivity index (χ1v) is 7.02. The molecule has 1 aromatic heterocycles. The Balaban J connectivity index is 2.02. The molecule has 0 saturated heterocycles. The van der Waals surface area contributed by atoms with E-state index in [0.29, 0.717) is 12.8 Å². The first-order chi connectivity index (χ1) is 8.15. The van der Waals surface area contributed by atoms with Gasteiger partial charge in [-0.25, -0.2) is 4.39 Å². The van der Waals surface area contributed by atoms with Crippen LogP contribution in [0.4, 0.5) is 4.39 Å². The molecule has 0 aliphatic heterocycles. The van der Waals surface area contributed by atoms with Crippen molar-refractivity contribution in [3.05, 3.63) is 56.4 Å². The molecule has 0 amide bonds. The molecule has 1 heterocycles. The number of thiophene rings is 1. The van der Waals surface area contributed by atoms with Crippen LogP contribution in [0.2, 0.25) is 0 Å². The summed E-state index contributed by atoms with van der Waals surface area (Å²) in [6.45, 7) is 0. The quantitative estimate of drug-likeness (QED) is 0.910. The van der Waals surface area contributed by atoms with Gasteiger partial charge < -0.3 is 5.11 Å². The number of hydrogen-bond acceptors (Lipinski definition) is 2. The molecule has 1 N–H and O–H groups in total. The maximum absolute atomic E-state index is 13.1. The van der Waals surface area contributed by atoms with Gasteiger partial charge in [-0.1, -0.05) is 15.9 Å². The van der Waals surface area contributed by atoms with Crippen molar-refractivity contribution in [2.24, 2.45) is 0 Å². The summed E-state index contributed by atoms with van der Waals surface area (Å²) in [4.78, 5) is 0. The SMILES string of the molecule is OC(Cc1ccsc1)Cc1cc(F)ccc1Br. The van der Waals surface area contributed by atoms with Crippen molar-refractivity contribution in [2.45, 2.75) is 18.9 Å². The number of aliphatic hydroxyl groups excluding tert-OH is 1. The first kappa shape index (κ1) is 12.7. The maximum Gasteiger partial charge on any atom is 0.123 e. The third-order valence-electron chi connectivity index (χ3n) is 2.51. The lowest BCUT2D eigenvalue weighted by atomic mass is 10.0. The fourth-order valence-electron chi connectivity index (χ4n) is 1.71. The molecule has 0 fully saturated rings. The molecule has 1 aromatic carbocycles. The maximum atomic E-state index is 13.1. The van der Waals surface area contributed by atoms with Crippen LogP contribution in [-0.2, 0) is 12.8 Å². The van der Waals surface area contributed by atoms with E-state index in [1.54, 1.807) is 17.4 Å². The third-order valence-corrected chi connectivity index (χ3v) is 4.02. The topological polar surface area (TPSA) is 20.2 Å². The molecule has 90 valence electrons. The predicted octanol–water partition coefficient (Wildman–Crippen LogP) is 3.80. The lowest BCUT2D eigenvalue weighted by Crippen LogP contribution is -2.14. The van der Waals surface area contributed by atoms with Gasteiger partial charge in [0.15, 0.2) is 0 Å². The van der Waals surface area contributed by atoms with Gasteiger partial charge in [-0.15, -0.1) is 0 Å². The van der Waals surface area contributed by atoms with Crippen molar-refractivity contribution < 1.29 is 9.50 Å². The molecule has 0 aliphatic carbocycles. The molecule has 2 aromatic rings. The van der Waals surface area contributed by atoms with E-state index in [1.807, 2.05) is 16.8 Å². The Bertz CT molecular complexity index is 484. The highest BCUT2D eigenvalue weighted by Crippen LogP contribution is 2.20. The van der Waals surface area contributed by atoms with Crippen molar-refractivity contribution >= 4 is 27.3 Å². The van der Waals surface area contributed by atoms with Crippen LogP contribution < -0.4 is 0 Å². The fraction of sp³-hybridized carbons (Fsp3) is 0.231. The number of rotatable bonds is 4. The molecule has 1 atom stereocenters. The van der Waals surface area contributed by atoms with E-state index in [4.69, 9.17) is 0 Å². The van der Waals surface area contributed by atoms with E-state index in [2.05, 4.69) is 15.9 Å². The third kappa shape index (κ3) is 3.63. The zero-order valence-corrected chi connectivity index (χ0v) is 11.5. The van der Waals surface area contributed by atoms with Gasteiger partial charge in [-0.05, 0) is 59.0 Å².